The van der Waals surface area contributed by atoms with Crippen molar-refractivity contribution in [1.82, 2.24) is 20.2 Å². The van der Waals surface area contributed by atoms with E-state index in [1.165, 1.54) is 0 Å². The van der Waals surface area contributed by atoms with Gasteiger partial charge in [-0.15, -0.1) is 10.2 Å². The molecular formula is C15H9ClN4O. The number of aromatic amines is 1. The fourth-order valence-corrected chi connectivity index (χ4v) is 2.21. The summed E-state index contributed by atoms with van der Waals surface area (Å²) in [5, 5.41) is 8.74. The summed E-state index contributed by atoms with van der Waals surface area (Å²) in [4.78, 5) is 7.59. The Hall–Kier alpha value is -2.66. The Labute approximate surface area is 124 Å². The third-order valence-electron chi connectivity index (χ3n) is 3.11. The van der Waals surface area contributed by atoms with Gasteiger partial charge in [-0.1, -0.05) is 23.7 Å². The van der Waals surface area contributed by atoms with Crippen molar-refractivity contribution in [2.24, 2.45) is 0 Å². The lowest BCUT2D eigenvalue weighted by molar-refractivity contribution is 0.580. The molecule has 2 aromatic heterocycles. The lowest BCUT2D eigenvalue weighted by Gasteiger charge is -1.93. The minimum absolute atomic E-state index is 0.358. The van der Waals surface area contributed by atoms with Gasteiger partial charge in [0, 0.05) is 10.6 Å². The second-order valence-electron chi connectivity index (χ2n) is 4.52. The number of fused-ring (bicyclic) bond motifs is 1. The highest BCUT2D eigenvalue weighted by molar-refractivity contribution is 6.30. The first kappa shape index (κ1) is 12.1. The van der Waals surface area contributed by atoms with E-state index in [-0.39, 0.29) is 0 Å². The summed E-state index contributed by atoms with van der Waals surface area (Å²) in [6, 6.07) is 15.0. The summed E-state index contributed by atoms with van der Waals surface area (Å²) in [5.74, 6) is 1.35. The van der Waals surface area contributed by atoms with Crippen LogP contribution in [0.4, 0.5) is 0 Å². The van der Waals surface area contributed by atoms with Crippen LogP contribution >= 0.6 is 11.6 Å². The Morgan fingerprint density at radius 2 is 1.67 bits per heavy atom. The lowest BCUT2D eigenvalue weighted by atomic mass is 10.2. The number of para-hydroxylation sites is 2. The van der Waals surface area contributed by atoms with Crippen LogP contribution < -0.4 is 0 Å². The molecule has 0 aliphatic rings. The standard InChI is InChI=1S/C15H9ClN4O/c16-10-7-5-9(6-8-10)14-19-20-15(21-14)13-17-11-3-1-2-4-12(11)18-13/h1-8H,(H,17,18). The normalized spacial score (nSPS) is 11.1. The summed E-state index contributed by atoms with van der Waals surface area (Å²) >= 11 is 5.86. The monoisotopic (exact) mass is 296 g/mol. The predicted molar refractivity (Wildman–Crippen MR) is 79.8 cm³/mol. The molecule has 0 unspecified atom stereocenters. The number of rotatable bonds is 2. The van der Waals surface area contributed by atoms with Crippen molar-refractivity contribution >= 4 is 22.6 Å². The fraction of sp³-hybridized carbons (Fsp3) is 0. The lowest BCUT2D eigenvalue weighted by Crippen LogP contribution is -1.79. The molecular weight excluding hydrogens is 288 g/mol. The third-order valence-corrected chi connectivity index (χ3v) is 3.36. The van der Waals surface area contributed by atoms with Crippen LogP contribution in [0, 0.1) is 0 Å². The zero-order valence-electron chi connectivity index (χ0n) is 10.7. The summed E-state index contributed by atoms with van der Waals surface area (Å²) in [7, 11) is 0. The van der Waals surface area contributed by atoms with Gasteiger partial charge in [0.2, 0.25) is 5.89 Å². The number of H-pyrrole nitrogens is 1. The van der Waals surface area contributed by atoms with E-state index in [4.69, 9.17) is 16.0 Å². The molecule has 2 aromatic carbocycles. The van der Waals surface area contributed by atoms with Crippen molar-refractivity contribution in [3.63, 3.8) is 0 Å². The largest absolute Gasteiger partial charge is 0.413 e. The van der Waals surface area contributed by atoms with E-state index >= 15 is 0 Å². The Kier molecular flexibility index (Phi) is 2.72. The van der Waals surface area contributed by atoms with Gasteiger partial charge in [0.15, 0.2) is 5.82 Å². The van der Waals surface area contributed by atoms with Gasteiger partial charge in [0.25, 0.3) is 5.89 Å². The van der Waals surface area contributed by atoms with Crippen LogP contribution in [-0.2, 0) is 0 Å². The SMILES string of the molecule is Clc1ccc(-c2nnc(-c3nc4ccccc4[nH]3)o2)cc1. The van der Waals surface area contributed by atoms with Crippen LogP contribution in [0.3, 0.4) is 0 Å². The van der Waals surface area contributed by atoms with Crippen molar-refractivity contribution in [2.75, 3.05) is 0 Å². The fourth-order valence-electron chi connectivity index (χ4n) is 2.08. The second kappa shape index (κ2) is 4.71. The number of hydrogen-bond donors (Lipinski definition) is 1. The maximum atomic E-state index is 5.86. The average Bonchev–Trinajstić information content (AvgIpc) is 3.14. The first-order chi connectivity index (χ1) is 10.3. The predicted octanol–water partition coefficient (Wildman–Crippen LogP) is 3.93. The van der Waals surface area contributed by atoms with Crippen molar-refractivity contribution in [1.29, 1.82) is 0 Å². The molecule has 0 bridgehead atoms. The van der Waals surface area contributed by atoms with Crippen LogP contribution in [0.15, 0.2) is 52.9 Å². The summed E-state index contributed by atoms with van der Waals surface area (Å²) < 4.78 is 5.67. The molecule has 0 atom stereocenters. The highest BCUT2D eigenvalue weighted by atomic mass is 35.5. The maximum absolute atomic E-state index is 5.86. The third kappa shape index (κ3) is 2.17. The van der Waals surface area contributed by atoms with Gasteiger partial charge in [-0.2, -0.15) is 0 Å². The molecule has 5 nitrogen and oxygen atoms in total. The van der Waals surface area contributed by atoms with Gasteiger partial charge in [0.1, 0.15) is 0 Å². The summed E-state index contributed by atoms with van der Waals surface area (Å²) in [6.07, 6.45) is 0. The van der Waals surface area contributed by atoms with E-state index in [1.54, 1.807) is 12.1 Å². The van der Waals surface area contributed by atoms with Gasteiger partial charge in [-0.25, -0.2) is 4.98 Å². The Bertz CT molecular complexity index is 878. The number of halogens is 1. The quantitative estimate of drug-likeness (QED) is 0.608. The van der Waals surface area contributed by atoms with E-state index in [9.17, 15) is 0 Å². The number of aromatic nitrogens is 4. The van der Waals surface area contributed by atoms with E-state index < -0.39 is 0 Å². The Morgan fingerprint density at radius 3 is 2.48 bits per heavy atom. The molecule has 6 heteroatoms. The first-order valence-electron chi connectivity index (χ1n) is 6.34. The smallest absolute Gasteiger partial charge is 0.284 e. The van der Waals surface area contributed by atoms with Gasteiger partial charge in [0.05, 0.1) is 11.0 Å². The summed E-state index contributed by atoms with van der Waals surface area (Å²) in [6.45, 7) is 0. The van der Waals surface area contributed by atoms with Crippen molar-refractivity contribution in [3.8, 4) is 23.2 Å². The number of nitrogens with zero attached hydrogens (tertiary/aromatic N) is 3. The molecule has 4 rings (SSSR count). The van der Waals surface area contributed by atoms with Gasteiger partial charge in [-0.05, 0) is 36.4 Å². The molecule has 0 aliphatic carbocycles. The molecule has 0 spiro atoms. The van der Waals surface area contributed by atoms with E-state index in [0.717, 1.165) is 16.6 Å². The highest BCUT2D eigenvalue weighted by Crippen LogP contribution is 2.24. The van der Waals surface area contributed by atoms with E-state index in [0.29, 0.717) is 22.6 Å². The van der Waals surface area contributed by atoms with Crippen LogP contribution in [0.5, 0.6) is 0 Å². The first-order valence-corrected chi connectivity index (χ1v) is 6.72. The van der Waals surface area contributed by atoms with Crippen LogP contribution in [-0.4, -0.2) is 20.2 Å². The molecule has 1 N–H and O–H groups in total. The van der Waals surface area contributed by atoms with Crippen molar-refractivity contribution < 1.29 is 4.42 Å². The molecule has 0 fully saturated rings. The molecule has 102 valence electrons. The van der Waals surface area contributed by atoms with Gasteiger partial charge >= 0.3 is 0 Å². The second-order valence-corrected chi connectivity index (χ2v) is 4.96. The molecule has 0 radical (unpaired) electrons. The van der Waals surface area contributed by atoms with Crippen molar-refractivity contribution in [2.45, 2.75) is 0 Å². The molecule has 21 heavy (non-hydrogen) atoms. The molecule has 2 heterocycles. The highest BCUT2D eigenvalue weighted by Gasteiger charge is 2.13. The maximum Gasteiger partial charge on any atom is 0.284 e. The van der Waals surface area contributed by atoms with Gasteiger partial charge < -0.3 is 9.40 Å². The molecule has 0 amide bonds. The average molecular weight is 297 g/mol. The van der Waals surface area contributed by atoms with Crippen molar-refractivity contribution in [3.05, 3.63) is 53.6 Å². The number of hydrogen-bond acceptors (Lipinski definition) is 4. The molecule has 4 aromatic rings. The van der Waals surface area contributed by atoms with Crippen LogP contribution in [0.2, 0.25) is 5.02 Å². The Balaban J connectivity index is 1.75. The van der Waals surface area contributed by atoms with Crippen LogP contribution in [0.1, 0.15) is 0 Å². The minimum Gasteiger partial charge on any atom is -0.413 e. The van der Waals surface area contributed by atoms with Gasteiger partial charge in [-0.3, -0.25) is 0 Å². The zero-order valence-corrected chi connectivity index (χ0v) is 11.5. The van der Waals surface area contributed by atoms with E-state index in [2.05, 4.69) is 20.2 Å². The molecule has 0 saturated carbocycles. The number of imidazole rings is 1. The molecule has 0 aliphatic heterocycles. The van der Waals surface area contributed by atoms with Crippen LogP contribution in [0.25, 0.3) is 34.2 Å². The number of benzene rings is 2. The zero-order chi connectivity index (χ0) is 14.2. The number of nitrogens with one attached hydrogen (secondary N) is 1. The van der Waals surface area contributed by atoms with E-state index in [1.807, 2.05) is 36.4 Å². The summed E-state index contributed by atoms with van der Waals surface area (Å²) in [5.41, 5.74) is 2.60. The molecule has 0 saturated heterocycles. The minimum atomic E-state index is 0.358. The topological polar surface area (TPSA) is 67.6 Å². The Morgan fingerprint density at radius 1 is 0.905 bits per heavy atom.